The summed E-state index contributed by atoms with van der Waals surface area (Å²) in [6, 6.07) is 3.67. The lowest BCUT2D eigenvalue weighted by atomic mass is 10.1. The third kappa shape index (κ3) is 4.04. The number of hydrogen-bond donors (Lipinski definition) is 0. The van der Waals surface area contributed by atoms with Gasteiger partial charge in [0.25, 0.3) is 0 Å². The van der Waals surface area contributed by atoms with Gasteiger partial charge in [-0.15, -0.1) is 0 Å². The topological polar surface area (TPSA) is 18.5 Å². The number of hydrogen-bond acceptors (Lipinski definition) is 2. The molecule has 0 N–H and O–H groups in total. The average Bonchev–Trinajstić information content (AvgIpc) is 2.97. The Balaban J connectivity index is 2.29. The van der Waals surface area contributed by atoms with Gasteiger partial charge in [0, 0.05) is 6.07 Å². The number of rotatable bonds is 3. The van der Waals surface area contributed by atoms with E-state index in [1.165, 1.54) is 12.1 Å². The predicted octanol–water partition coefficient (Wildman–Crippen LogP) is 4.42. The molecule has 0 amide bonds. The van der Waals surface area contributed by atoms with Crippen molar-refractivity contribution < 1.29 is 22.6 Å². The SMILES string of the molecule is CC(C)(C)Oc1ccc(C(F)(F)F)c(OC2CC2)c1. The van der Waals surface area contributed by atoms with E-state index in [0.29, 0.717) is 5.75 Å². The van der Waals surface area contributed by atoms with Crippen molar-refractivity contribution in [1.82, 2.24) is 0 Å². The zero-order valence-corrected chi connectivity index (χ0v) is 11.2. The maximum Gasteiger partial charge on any atom is 0.419 e. The molecule has 19 heavy (non-hydrogen) atoms. The van der Waals surface area contributed by atoms with Crippen molar-refractivity contribution in [1.29, 1.82) is 0 Å². The molecule has 1 fully saturated rings. The minimum Gasteiger partial charge on any atom is -0.490 e. The van der Waals surface area contributed by atoms with Crippen LogP contribution in [0.15, 0.2) is 18.2 Å². The monoisotopic (exact) mass is 274 g/mol. The fraction of sp³-hybridized carbons (Fsp3) is 0.571. The first-order valence-corrected chi connectivity index (χ1v) is 6.22. The summed E-state index contributed by atoms with van der Waals surface area (Å²) in [6.07, 6.45) is -2.89. The molecular formula is C14H17F3O2. The summed E-state index contributed by atoms with van der Waals surface area (Å²) < 4.78 is 49.5. The van der Waals surface area contributed by atoms with Gasteiger partial charge in [-0.1, -0.05) is 0 Å². The fourth-order valence-electron chi connectivity index (χ4n) is 1.62. The summed E-state index contributed by atoms with van der Waals surface area (Å²) in [5.74, 6) is 0.243. The number of benzene rings is 1. The number of alkyl halides is 3. The van der Waals surface area contributed by atoms with E-state index in [9.17, 15) is 13.2 Å². The van der Waals surface area contributed by atoms with Gasteiger partial charge in [-0.2, -0.15) is 13.2 Å². The third-order valence-electron chi connectivity index (χ3n) is 2.50. The molecular weight excluding hydrogens is 257 g/mol. The smallest absolute Gasteiger partial charge is 0.419 e. The fourth-order valence-corrected chi connectivity index (χ4v) is 1.62. The van der Waals surface area contributed by atoms with Crippen LogP contribution in [0.2, 0.25) is 0 Å². The van der Waals surface area contributed by atoms with E-state index in [0.717, 1.165) is 18.9 Å². The molecule has 1 saturated carbocycles. The summed E-state index contributed by atoms with van der Waals surface area (Å²) >= 11 is 0. The zero-order valence-electron chi connectivity index (χ0n) is 11.2. The molecule has 0 bridgehead atoms. The highest BCUT2D eigenvalue weighted by atomic mass is 19.4. The first kappa shape index (κ1) is 14.0. The van der Waals surface area contributed by atoms with E-state index < -0.39 is 17.3 Å². The van der Waals surface area contributed by atoms with Crippen molar-refractivity contribution in [3.8, 4) is 11.5 Å². The Morgan fingerprint density at radius 1 is 1.11 bits per heavy atom. The molecule has 1 aliphatic carbocycles. The molecule has 106 valence electrons. The summed E-state index contributed by atoms with van der Waals surface area (Å²) in [5.41, 5.74) is -1.21. The van der Waals surface area contributed by atoms with Gasteiger partial charge in [-0.25, -0.2) is 0 Å². The van der Waals surface area contributed by atoms with Crippen molar-refractivity contribution in [2.24, 2.45) is 0 Å². The van der Waals surface area contributed by atoms with E-state index in [1.54, 1.807) is 0 Å². The van der Waals surface area contributed by atoms with E-state index >= 15 is 0 Å². The van der Waals surface area contributed by atoms with Crippen molar-refractivity contribution >= 4 is 0 Å². The molecule has 1 aromatic carbocycles. The van der Waals surface area contributed by atoms with Crippen LogP contribution in [0.4, 0.5) is 13.2 Å². The molecule has 0 heterocycles. The van der Waals surface area contributed by atoms with Gasteiger partial charge >= 0.3 is 6.18 Å². The molecule has 0 saturated heterocycles. The number of halogens is 3. The van der Waals surface area contributed by atoms with Gasteiger partial charge < -0.3 is 9.47 Å². The van der Waals surface area contributed by atoms with Crippen LogP contribution in [0.3, 0.4) is 0 Å². The first-order valence-electron chi connectivity index (χ1n) is 6.22. The third-order valence-corrected chi connectivity index (χ3v) is 2.50. The van der Waals surface area contributed by atoms with Crippen LogP contribution in [0.5, 0.6) is 11.5 Å². The van der Waals surface area contributed by atoms with Gasteiger partial charge in [0.2, 0.25) is 0 Å². The van der Waals surface area contributed by atoms with Gasteiger partial charge in [0.15, 0.2) is 0 Å². The lowest BCUT2D eigenvalue weighted by molar-refractivity contribution is -0.139. The molecule has 1 aliphatic rings. The van der Waals surface area contributed by atoms with E-state index in [2.05, 4.69) is 0 Å². The molecule has 1 aromatic rings. The summed E-state index contributed by atoms with van der Waals surface area (Å²) in [7, 11) is 0. The van der Waals surface area contributed by atoms with Crippen LogP contribution in [-0.2, 0) is 6.18 Å². The quantitative estimate of drug-likeness (QED) is 0.812. The molecule has 0 aromatic heterocycles. The Bertz CT molecular complexity index is 457. The van der Waals surface area contributed by atoms with Crippen molar-refractivity contribution in [2.45, 2.75) is 51.5 Å². The second-order valence-corrected chi connectivity index (χ2v) is 5.69. The van der Waals surface area contributed by atoms with E-state index in [4.69, 9.17) is 9.47 Å². The van der Waals surface area contributed by atoms with Crippen LogP contribution < -0.4 is 9.47 Å². The molecule has 2 nitrogen and oxygen atoms in total. The van der Waals surface area contributed by atoms with Crippen molar-refractivity contribution in [3.05, 3.63) is 23.8 Å². The maximum atomic E-state index is 12.9. The average molecular weight is 274 g/mol. The zero-order chi connectivity index (χ0) is 14.3. The summed E-state index contributed by atoms with van der Waals surface area (Å²) in [4.78, 5) is 0. The molecule has 0 radical (unpaired) electrons. The lowest BCUT2D eigenvalue weighted by Gasteiger charge is -2.22. The number of ether oxygens (including phenoxy) is 2. The van der Waals surface area contributed by atoms with Crippen LogP contribution in [0.1, 0.15) is 39.2 Å². The van der Waals surface area contributed by atoms with Crippen molar-refractivity contribution in [2.75, 3.05) is 0 Å². The predicted molar refractivity (Wildman–Crippen MR) is 65.5 cm³/mol. The molecule has 0 aliphatic heterocycles. The normalized spacial score (nSPS) is 16.3. The Morgan fingerprint density at radius 3 is 2.21 bits per heavy atom. The van der Waals surface area contributed by atoms with Gasteiger partial charge in [0.1, 0.15) is 17.1 Å². The molecule has 0 atom stereocenters. The minimum absolute atomic E-state index is 0.0917. The van der Waals surface area contributed by atoms with Crippen LogP contribution in [0, 0.1) is 0 Å². The molecule has 5 heteroatoms. The minimum atomic E-state index is -4.41. The van der Waals surface area contributed by atoms with Crippen LogP contribution in [0.25, 0.3) is 0 Å². The molecule has 0 unspecified atom stereocenters. The van der Waals surface area contributed by atoms with Gasteiger partial charge in [-0.05, 0) is 45.7 Å². The van der Waals surface area contributed by atoms with Crippen LogP contribution in [-0.4, -0.2) is 11.7 Å². The Morgan fingerprint density at radius 2 is 1.74 bits per heavy atom. The Labute approximate surface area is 110 Å². The molecule has 2 rings (SSSR count). The van der Waals surface area contributed by atoms with Gasteiger partial charge in [-0.3, -0.25) is 0 Å². The standard InChI is InChI=1S/C14H17F3O2/c1-13(2,3)19-10-6-7-11(14(15,16)17)12(8-10)18-9-4-5-9/h6-9H,4-5H2,1-3H3. The lowest BCUT2D eigenvalue weighted by Crippen LogP contribution is -2.23. The Kier molecular flexibility index (Phi) is 3.41. The molecule has 0 spiro atoms. The second-order valence-electron chi connectivity index (χ2n) is 5.69. The maximum absolute atomic E-state index is 12.9. The van der Waals surface area contributed by atoms with Crippen molar-refractivity contribution in [3.63, 3.8) is 0 Å². The highest BCUT2D eigenvalue weighted by Gasteiger charge is 2.36. The second kappa shape index (κ2) is 4.62. The van der Waals surface area contributed by atoms with Gasteiger partial charge in [0.05, 0.1) is 11.7 Å². The highest BCUT2D eigenvalue weighted by molar-refractivity contribution is 5.43. The van der Waals surface area contributed by atoms with E-state index in [1.807, 2.05) is 20.8 Å². The van der Waals surface area contributed by atoms with E-state index in [-0.39, 0.29) is 11.9 Å². The largest absolute Gasteiger partial charge is 0.490 e. The summed E-state index contributed by atoms with van der Waals surface area (Å²) in [5, 5.41) is 0. The highest BCUT2D eigenvalue weighted by Crippen LogP contribution is 2.41. The van der Waals surface area contributed by atoms with Crippen LogP contribution >= 0.6 is 0 Å². The first-order chi connectivity index (χ1) is 8.65. The Hall–Kier alpha value is -1.39. The summed E-state index contributed by atoms with van der Waals surface area (Å²) in [6.45, 7) is 5.52.